The van der Waals surface area contributed by atoms with Gasteiger partial charge in [0.05, 0.1) is 5.25 Å². The Bertz CT molecular complexity index is 508. The molecular weight excluding hydrogens is 328 g/mol. The van der Waals surface area contributed by atoms with E-state index in [0.29, 0.717) is 13.1 Å². The number of nitrogens with one attached hydrogen (secondary N) is 1. The van der Waals surface area contributed by atoms with Gasteiger partial charge in [0.25, 0.3) is 0 Å². The fourth-order valence-corrected chi connectivity index (χ4v) is 5.09. The van der Waals surface area contributed by atoms with Gasteiger partial charge in [0, 0.05) is 18.8 Å². The quantitative estimate of drug-likeness (QED) is 0.604. The minimum Gasteiger partial charge on any atom is -0.336 e. The van der Waals surface area contributed by atoms with Crippen molar-refractivity contribution in [2.24, 2.45) is 0 Å². The lowest BCUT2D eigenvalue weighted by Crippen LogP contribution is -2.38. The molecule has 0 spiro atoms. The van der Waals surface area contributed by atoms with Gasteiger partial charge >= 0.3 is 6.03 Å². The lowest BCUT2D eigenvalue weighted by Gasteiger charge is -2.16. The first-order chi connectivity index (χ1) is 10.1. The van der Waals surface area contributed by atoms with Crippen LogP contribution in [0.15, 0.2) is 8.68 Å². The van der Waals surface area contributed by atoms with Crippen molar-refractivity contribution in [3.8, 4) is 0 Å². The average molecular weight is 347 g/mol. The van der Waals surface area contributed by atoms with Crippen LogP contribution in [0.4, 0.5) is 4.79 Å². The van der Waals surface area contributed by atoms with Crippen LogP contribution in [-0.4, -0.2) is 51.1 Å². The number of carbonyl (C=O) groups excluding carboxylic acids is 2. The summed E-state index contributed by atoms with van der Waals surface area (Å²) < 4.78 is 1.71. The Morgan fingerprint density at radius 2 is 2.24 bits per heavy atom. The largest absolute Gasteiger partial charge is 0.336 e. The third kappa shape index (κ3) is 4.58. The molecular formula is C12H18N4O2S3. The molecule has 0 bridgehead atoms. The zero-order valence-corrected chi connectivity index (χ0v) is 14.4. The monoisotopic (exact) mass is 346 g/mol. The predicted molar refractivity (Wildman–Crippen MR) is 86.0 cm³/mol. The van der Waals surface area contributed by atoms with Crippen molar-refractivity contribution in [1.29, 1.82) is 0 Å². The summed E-state index contributed by atoms with van der Waals surface area (Å²) in [6.45, 7) is 4.92. The highest BCUT2D eigenvalue weighted by Gasteiger charge is 2.30. The number of urea groups is 1. The number of aromatic nitrogens is 2. The smallest absolute Gasteiger partial charge is 0.324 e. The van der Waals surface area contributed by atoms with Gasteiger partial charge in [0.1, 0.15) is 0 Å². The average Bonchev–Trinajstić information content (AvgIpc) is 3.07. The summed E-state index contributed by atoms with van der Waals surface area (Å²) in [5.41, 5.74) is 0. The maximum atomic E-state index is 12.2. The number of hydrogen-bond donors (Lipinski definition) is 1. The van der Waals surface area contributed by atoms with Crippen LogP contribution in [0.3, 0.4) is 0 Å². The number of unbranched alkanes of at least 4 members (excludes halogenated alkanes) is 1. The Morgan fingerprint density at radius 1 is 1.48 bits per heavy atom. The van der Waals surface area contributed by atoms with E-state index in [9.17, 15) is 9.59 Å². The molecule has 1 aliphatic rings. The van der Waals surface area contributed by atoms with Crippen molar-refractivity contribution in [1.82, 2.24) is 20.4 Å². The van der Waals surface area contributed by atoms with Gasteiger partial charge in [0.15, 0.2) is 8.68 Å². The van der Waals surface area contributed by atoms with Gasteiger partial charge in [-0.25, -0.2) is 4.79 Å². The van der Waals surface area contributed by atoms with Gasteiger partial charge in [-0.1, -0.05) is 48.2 Å². The minimum absolute atomic E-state index is 0.176. The third-order valence-electron chi connectivity index (χ3n) is 2.86. The number of carbonyl (C=O) groups is 2. The van der Waals surface area contributed by atoms with Crippen molar-refractivity contribution in [3.05, 3.63) is 0 Å². The van der Waals surface area contributed by atoms with Crippen LogP contribution in [0.5, 0.6) is 0 Å². The molecule has 1 aliphatic heterocycles. The number of thioether (sulfide) groups is 2. The molecule has 1 atom stereocenters. The van der Waals surface area contributed by atoms with E-state index in [0.717, 1.165) is 27.3 Å². The van der Waals surface area contributed by atoms with Crippen LogP contribution in [0.25, 0.3) is 0 Å². The molecule has 6 nitrogen and oxygen atoms in total. The fraction of sp³-hybridized carbons (Fsp3) is 0.667. The first-order valence-corrected chi connectivity index (χ1v) is 9.52. The van der Waals surface area contributed by atoms with E-state index in [4.69, 9.17) is 0 Å². The maximum absolute atomic E-state index is 12.2. The van der Waals surface area contributed by atoms with E-state index in [2.05, 4.69) is 22.4 Å². The Kier molecular flexibility index (Phi) is 6.31. The first kappa shape index (κ1) is 16.6. The van der Waals surface area contributed by atoms with Crippen molar-refractivity contribution in [2.75, 3.05) is 18.8 Å². The van der Waals surface area contributed by atoms with Crippen LogP contribution in [0.2, 0.25) is 0 Å². The molecule has 2 rings (SSSR count). The molecule has 1 aromatic heterocycles. The number of imide groups is 1. The van der Waals surface area contributed by atoms with Crippen LogP contribution >= 0.6 is 34.9 Å². The Hall–Kier alpha value is -0.800. The maximum Gasteiger partial charge on any atom is 0.324 e. The Morgan fingerprint density at radius 3 is 2.90 bits per heavy atom. The molecule has 2 heterocycles. The van der Waals surface area contributed by atoms with Crippen molar-refractivity contribution in [3.63, 3.8) is 0 Å². The normalized spacial score (nSPS) is 16.1. The lowest BCUT2D eigenvalue weighted by atomic mass is 10.4. The molecule has 0 aliphatic carbocycles. The zero-order chi connectivity index (χ0) is 15.2. The minimum atomic E-state index is -0.338. The number of rotatable bonds is 7. The molecule has 1 fully saturated rings. The van der Waals surface area contributed by atoms with E-state index in [1.165, 1.54) is 28.0 Å². The second-order valence-corrected chi connectivity index (χ2v) is 8.43. The van der Waals surface area contributed by atoms with Crippen LogP contribution in [-0.2, 0) is 4.79 Å². The van der Waals surface area contributed by atoms with Crippen molar-refractivity contribution < 1.29 is 9.59 Å². The molecule has 0 saturated carbocycles. The van der Waals surface area contributed by atoms with E-state index in [1.807, 2.05) is 0 Å². The summed E-state index contributed by atoms with van der Waals surface area (Å²) in [7, 11) is 0. The lowest BCUT2D eigenvalue weighted by molar-refractivity contribution is -0.126. The van der Waals surface area contributed by atoms with Crippen LogP contribution in [0, 0.1) is 0 Å². The third-order valence-corrected chi connectivity index (χ3v) is 6.17. The molecule has 21 heavy (non-hydrogen) atoms. The van der Waals surface area contributed by atoms with Gasteiger partial charge in [-0.3, -0.25) is 9.69 Å². The molecule has 0 unspecified atom stereocenters. The van der Waals surface area contributed by atoms with E-state index in [-0.39, 0.29) is 17.2 Å². The summed E-state index contributed by atoms with van der Waals surface area (Å²) in [5.74, 6) is 0.864. The summed E-state index contributed by atoms with van der Waals surface area (Å²) in [6, 6.07) is -0.305. The molecule has 116 valence electrons. The molecule has 3 amide bonds. The zero-order valence-electron chi connectivity index (χ0n) is 12.0. The van der Waals surface area contributed by atoms with Gasteiger partial charge in [-0.05, 0) is 13.3 Å². The highest BCUT2D eigenvalue weighted by molar-refractivity contribution is 8.03. The number of nitrogens with zero attached hydrogens (tertiary/aromatic N) is 3. The predicted octanol–water partition coefficient (Wildman–Crippen LogP) is 2.46. The summed E-state index contributed by atoms with van der Waals surface area (Å²) in [6.07, 6.45) is 2.32. The second kappa shape index (κ2) is 8.00. The molecule has 9 heteroatoms. The van der Waals surface area contributed by atoms with Gasteiger partial charge < -0.3 is 5.32 Å². The Labute approximate surface area is 136 Å². The Balaban J connectivity index is 1.86. The van der Waals surface area contributed by atoms with Gasteiger partial charge in [0.2, 0.25) is 5.91 Å². The molecule has 0 aromatic carbocycles. The van der Waals surface area contributed by atoms with E-state index in [1.54, 1.807) is 18.7 Å². The molecule has 1 aromatic rings. The molecule has 0 radical (unpaired) electrons. The van der Waals surface area contributed by atoms with Crippen LogP contribution < -0.4 is 5.32 Å². The first-order valence-electron chi connectivity index (χ1n) is 6.84. The standard InChI is InChI=1S/C12H18N4O2S3/c1-3-4-7-19-11-14-15-12(21-11)20-8(2)9(17)16-6-5-13-10(16)18/h8H,3-7H2,1-2H3,(H,13,18)/t8-/m0/s1. The van der Waals surface area contributed by atoms with Crippen molar-refractivity contribution in [2.45, 2.75) is 40.6 Å². The summed E-state index contributed by atoms with van der Waals surface area (Å²) >= 11 is 4.56. The van der Waals surface area contributed by atoms with E-state index >= 15 is 0 Å². The highest BCUT2D eigenvalue weighted by atomic mass is 32.2. The second-order valence-electron chi connectivity index (χ2n) is 4.52. The molecule has 1 N–H and O–H groups in total. The fourth-order valence-electron chi connectivity index (χ4n) is 1.71. The van der Waals surface area contributed by atoms with Gasteiger partial charge in [-0.15, -0.1) is 10.2 Å². The highest BCUT2D eigenvalue weighted by Crippen LogP contribution is 2.32. The molecule has 1 saturated heterocycles. The van der Waals surface area contributed by atoms with Gasteiger partial charge in [-0.2, -0.15) is 0 Å². The SMILES string of the molecule is CCCCSc1nnc(S[C@@H](C)C(=O)N2CCNC2=O)s1. The number of amides is 3. The van der Waals surface area contributed by atoms with Crippen molar-refractivity contribution >= 4 is 46.8 Å². The van der Waals surface area contributed by atoms with E-state index < -0.39 is 0 Å². The topological polar surface area (TPSA) is 75.2 Å². The number of hydrogen-bond acceptors (Lipinski definition) is 7. The summed E-state index contributed by atoms with van der Waals surface area (Å²) in [5, 5.41) is 10.5. The van der Waals surface area contributed by atoms with Crippen LogP contribution in [0.1, 0.15) is 26.7 Å². The summed E-state index contributed by atoms with van der Waals surface area (Å²) in [4.78, 5) is 24.9.